The van der Waals surface area contributed by atoms with Crippen molar-refractivity contribution >= 4 is 29.4 Å². The highest BCUT2D eigenvalue weighted by atomic mass is 16.6. The molecule has 0 spiro atoms. The van der Waals surface area contributed by atoms with Crippen LogP contribution in [0.4, 0.5) is 5.82 Å². The Hall–Kier alpha value is -4.28. The predicted molar refractivity (Wildman–Crippen MR) is 118 cm³/mol. The van der Waals surface area contributed by atoms with Crippen molar-refractivity contribution in [2.24, 2.45) is 5.16 Å². The lowest BCUT2D eigenvalue weighted by atomic mass is 10.0. The zero-order valence-corrected chi connectivity index (χ0v) is 18.0. The second-order valence-electron chi connectivity index (χ2n) is 7.42. The van der Waals surface area contributed by atoms with Crippen LogP contribution in [-0.2, 0) is 16.1 Å². The van der Waals surface area contributed by atoms with Gasteiger partial charge in [-0.3, -0.25) is 14.4 Å². The Labute approximate surface area is 189 Å². The maximum atomic E-state index is 12.8. The van der Waals surface area contributed by atoms with Crippen molar-refractivity contribution in [2.45, 2.75) is 32.2 Å². The molecule has 3 N–H and O–H groups in total. The normalized spacial score (nSPS) is 15.6. The van der Waals surface area contributed by atoms with Gasteiger partial charge in [0.15, 0.2) is 11.6 Å². The lowest BCUT2D eigenvalue weighted by Crippen LogP contribution is -2.38. The number of rotatable bonds is 5. The van der Waals surface area contributed by atoms with Gasteiger partial charge in [-0.15, -0.1) is 0 Å². The molecule has 1 aromatic heterocycles. The van der Waals surface area contributed by atoms with Gasteiger partial charge in [0.2, 0.25) is 5.91 Å². The monoisotopic (exact) mass is 450 g/mol. The van der Waals surface area contributed by atoms with E-state index in [9.17, 15) is 14.4 Å². The van der Waals surface area contributed by atoms with Crippen LogP contribution in [0.25, 0.3) is 0 Å². The number of hydrogen-bond donors (Lipinski definition) is 3. The van der Waals surface area contributed by atoms with Crippen molar-refractivity contribution in [1.29, 1.82) is 0 Å². The Kier molecular flexibility index (Phi) is 6.29. The molecule has 170 valence electrons. The summed E-state index contributed by atoms with van der Waals surface area (Å²) in [5, 5.41) is 12.1. The predicted octanol–water partition coefficient (Wildman–Crippen LogP) is 1.54. The van der Waals surface area contributed by atoms with Crippen LogP contribution in [0, 0.1) is 0 Å². The van der Waals surface area contributed by atoms with Gasteiger partial charge < -0.3 is 25.5 Å². The molecule has 0 radical (unpaired) electrons. The Balaban J connectivity index is 1.35. The molecule has 4 rings (SSSR count). The second-order valence-corrected chi connectivity index (χ2v) is 7.42. The molecule has 2 aliphatic heterocycles. The van der Waals surface area contributed by atoms with Gasteiger partial charge in [0.1, 0.15) is 23.6 Å². The number of ether oxygens (including phenoxy) is 1. The van der Waals surface area contributed by atoms with Gasteiger partial charge in [-0.2, -0.15) is 0 Å². The quantitative estimate of drug-likeness (QED) is 0.627. The molecule has 1 atom stereocenters. The number of nitrogens with one attached hydrogen (secondary N) is 3. The van der Waals surface area contributed by atoms with Gasteiger partial charge in [0, 0.05) is 24.0 Å². The minimum absolute atomic E-state index is 0.145. The van der Waals surface area contributed by atoms with E-state index >= 15 is 0 Å². The van der Waals surface area contributed by atoms with Crippen LogP contribution < -0.4 is 20.7 Å². The van der Waals surface area contributed by atoms with Gasteiger partial charge in [0.05, 0.1) is 13.2 Å². The summed E-state index contributed by atoms with van der Waals surface area (Å²) >= 11 is 0. The molecule has 0 saturated heterocycles. The number of amides is 3. The van der Waals surface area contributed by atoms with E-state index in [0.717, 1.165) is 0 Å². The Morgan fingerprint density at radius 2 is 2.06 bits per heavy atom. The van der Waals surface area contributed by atoms with Crippen LogP contribution in [-0.4, -0.2) is 46.7 Å². The molecular weight excluding hydrogens is 428 g/mol. The third kappa shape index (κ3) is 4.97. The number of hydrogen-bond acceptors (Lipinski definition) is 8. The van der Waals surface area contributed by atoms with Crippen molar-refractivity contribution in [3.8, 4) is 5.75 Å². The van der Waals surface area contributed by atoms with Crippen molar-refractivity contribution in [3.05, 3.63) is 59.2 Å². The van der Waals surface area contributed by atoms with Crippen molar-refractivity contribution < 1.29 is 24.0 Å². The zero-order valence-electron chi connectivity index (χ0n) is 18.0. The molecule has 1 aromatic carbocycles. The van der Waals surface area contributed by atoms with Crippen molar-refractivity contribution in [3.63, 3.8) is 0 Å². The van der Waals surface area contributed by atoms with Crippen LogP contribution >= 0.6 is 0 Å². The number of aromatic nitrogens is 2. The van der Waals surface area contributed by atoms with E-state index in [1.807, 2.05) is 0 Å². The fraction of sp³-hybridized carbons (Fsp3) is 0.273. The zero-order chi connectivity index (χ0) is 23.4. The number of nitrogens with zero attached hydrogens (tertiary/aromatic N) is 3. The highest BCUT2D eigenvalue weighted by molar-refractivity contribution is 6.07. The molecule has 0 fully saturated rings. The lowest BCUT2D eigenvalue weighted by Gasteiger charge is -2.21. The molecule has 1 unspecified atom stereocenters. The Bertz CT molecular complexity index is 1180. The Morgan fingerprint density at radius 3 is 2.82 bits per heavy atom. The first-order valence-electron chi connectivity index (χ1n) is 10.3. The number of carbonyl (C=O) groups excluding carboxylic acids is 3. The average Bonchev–Trinajstić information content (AvgIpc) is 2.83. The largest absolute Gasteiger partial charge is 0.497 e. The third-order valence-corrected chi connectivity index (χ3v) is 5.14. The summed E-state index contributed by atoms with van der Waals surface area (Å²) in [4.78, 5) is 50.3. The maximum absolute atomic E-state index is 12.8. The minimum atomic E-state index is -0.499. The highest BCUT2D eigenvalue weighted by Crippen LogP contribution is 2.22. The number of benzene rings is 1. The van der Waals surface area contributed by atoms with Crippen LogP contribution in [0.3, 0.4) is 0 Å². The van der Waals surface area contributed by atoms with E-state index in [4.69, 9.17) is 9.57 Å². The van der Waals surface area contributed by atoms with E-state index in [1.165, 1.54) is 13.4 Å². The third-order valence-electron chi connectivity index (χ3n) is 5.14. The van der Waals surface area contributed by atoms with Gasteiger partial charge in [0.25, 0.3) is 11.8 Å². The van der Waals surface area contributed by atoms with Crippen LogP contribution in [0.5, 0.6) is 5.75 Å². The van der Waals surface area contributed by atoms with E-state index in [0.29, 0.717) is 47.1 Å². The number of anilines is 1. The van der Waals surface area contributed by atoms with Gasteiger partial charge in [-0.1, -0.05) is 11.2 Å². The fourth-order valence-corrected chi connectivity index (χ4v) is 3.40. The van der Waals surface area contributed by atoms with Crippen molar-refractivity contribution in [2.75, 3.05) is 12.4 Å². The van der Waals surface area contributed by atoms with Crippen LogP contribution in [0.1, 0.15) is 46.2 Å². The first kappa shape index (κ1) is 21.9. The number of oxime groups is 1. The van der Waals surface area contributed by atoms with E-state index in [2.05, 4.69) is 31.1 Å². The van der Waals surface area contributed by atoms with E-state index in [-0.39, 0.29) is 23.9 Å². The first-order chi connectivity index (χ1) is 15.9. The fourth-order valence-electron chi connectivity index (χ4n) is 3.40. The van der Waals surface area contributed by atoms with Gasteiger partial charge in [-0.25, -0.2) is 9.97 Å². The molecule has 0 aliphatic carbocycles. The van der Waals surface area contributed by atoms with Crippen molar-refractivity contribution in [1.82, 2.24) is 20.6 Å². The molecular formula is C22H22N6O5. The van der Waals surface area contributed by atoms with E-state index in [1.54, 1.807) is 37.3 Å². The molecule has 0 bridgehead atoms. The number of methoxy groups -OCH3 is 1. The topological polar surface area (TPSA) is 144 Å². The maximum Gasteiger partial charge on any atom is 0.270 e. The Morgan fingerprint density at radius 1 is 1.21 bits per heavy atom. The molecule has 11 heteroatoms. The van der Waals surface area contributed by atoms with Crippen LogP contribution in [0.15, 0.2) is 47.6 Å². The molecule has 3 amide bonds. The van der Waals surface area contributed by atoms with Gasteiger partial charge >= 0.3 is 0 Å². The molecule has 2 aliphatic rings. The molecule has 0 saturated carbocycles. The molecule has 3 heterocycles. The summed E-state index contributed by atoms with van der Waals surface area (Å²) in [6.07, 6.45) is 3.94. The van der Waals surface area contributed by atoms with Crippen LogP contribution in [0.2, 0.25) is 0 Å². The summed E-state index contributed by atoms with van der Waals surface area (Å²) in [6, 6.07) is 6.25. The molecule has 2 aromatic rings. The summed E-state index contributed by atoms with van der Waals surface area (Å²) < 4.78 is 5.13. The smallest absolute Gasteiger partial charge is 0.270 e. The molecule has 11 nitrogen and oxygen atoms in total. The minimum Gasteiger partial charge on any atom is -0.497 e. The summed E-state index contributed by atoms with van der Waals surface area (Å²) in [5.41, 5.74) is 1.23. The summed E-state index contributed by atoms with van der Waals surface area (Å²) in [7, 11) is 1.53. The highest BCUT2D eigenvalue weighted by Gasteiger charge is 2.26. The first-order valence-corrected chi connectivity index (χ1v) is 10.3. The number of amidine groups is 1. The SMILES string of the molecule is COc1cccc(C(=O)NC2=NOC(C(C)NC(=O)c3ncnc4c3CCC(=O)N4)=CC2)c1. The number of carbonyl (C=O) groups is 3. The standard InChI is InChI=1S/C22H22N6O5/c1-12(25-22(31)19-15-6-9-18(29)27-20(15)24-11-23-19)16-7-8-17(28-33-16)26-21(30)13-4-3-5-14(10-13)32-2/h3-5,7,10-12H,6,8-9H2,1-2H3,(H,25,31)(H,26,28,30)(H,23,24,27,29). The number of fused-ring (bicyclic) bond motifs is 1. The molecule has 33 heavy (non-hydrogen) atoms. The van der Waals surface area contributed by atoms with Gasteiger partial charge in [-0.05, 0) is 37.6 Å². The van der Waals surface area contributed by atoms with E-state index < -0.39 is 11.9 Å². The lowest BCUT2D eigenvalue weighted by molar-refractivity contribution is -0.116. The summed E-state index contributed by atoms with van der Waals surface area (Å²) in [6.45, 7) is 1.74. The average molecular weight is 450 g/mol. The second kappa shape index (κ2) is 9.47. The summed E-state index contributed by atoms with van der Waals surface area (Å²) in [5.74, 6) is 0.799.